The molecule has 5 rings (SSSR count). The zero-order valence-electron chi connectivity index (χ0n) is 27.9. The first kappa shape index (κ1) is 33.4. The maximum absolute atomic E-state index is 11.5. The first-order chi connectivity index (χ1) is 22.4. The summed E-state index contributed by atoms with van der Waals surface area (Å²) in [6.45, 7) is 8.05. The van der Waals surface area contributed by atoms with Crippen LogP contribution < -0.4 is 4.74 Å². The molecule has 4 aromatic rings. The van der Waals surface area contributed by atoms with Crippen LogP contribution in [0.3, 0.4) is 0 Å². The molecular formula is C41H49NO4. The highest BCUT2D eigenvalue weighted by Crippen LogP contribution is 2.38. The number of ether oxygens (including phenoxy) is 2. The number of carboxylic acid groups (broad SMARTS) is 1. The number of nitrogens with zero attached hydrogens (tertiary/aromatic N) is 1. The number of hydrogen-bond acceptors (Lipinski definition) is 4. The molecule has 3 unspecified atom stereocenters. The van der Waals surface area contributed by atoms with Gasteiger partial charge in [-0.05, 0) is 96.3 Å². The average Bonchev–Trinajstić information content (AvgIpc) is 3.24. The highest BCUT2D eigenvalue weighted by Gasteiger charge is 2.28. The van der Waals surface area contributed by atoms with Crippen LogP contribution in [0.4, 0.5) is 0 Å². The summed E-state index contributed by atoms with van der Waals surface area (Å²) >= 11 is 0. The second-order valence-corrected chi connectivity index (χ2v) is 12.6. The van der Waals surface area contributed by atoms with Crippen molar-refractivity contribution in [1.29, 1.82) is 0 Å². The average molecular weight is 620 g/mol. The topological polar surface area (TPSA) is 59.0 Å². The smallest absolute Gasteiger partial charge is 0.333 e. The van der Waals surface area contributed by atoms with Gasteiger partial charge in [-0.15, -0.1) is 0 Å². The van der Waals surface area contributed by atoms with Gasteiger partial charge in [0, 0.05) is 25.5 Å². The van der Waals surface area contributed by atoms with Gasteiger partial charge >= 0.3 is 5.97 Å². The molecule has 5 heteroatoms. The van der Waals surface area contributed by atoms with Crippen LogP contribution in [0.1, 0.15) is 90.1 Å². The number of carbonyl (C=O) groups is 1. The molecule has 1 N–H and O–H groups in total. The maximum atomic E-state index is 11.5. The van der Waals surface area contributed by atoms with Crippen molar-refractivity contribution in [2.75, 3.05) is 26.8 Å². The molecule has 0 saturated heterocycles. The molecule has 0 aromatic heterocycles. The fourth-order valence-electron chi connectivity index (χ4n) is 6.69. The van der Waals surface area contributed by atoms with Crippen LogP contribution >= 0.6 is 0 Å². The van der Waals surface area contributed by atoms with E-state index in [1.807, 2.05) is 31.2 Å². The van der Waals surface area contributed by atoms with Crippen molar-refractivity contribution in [2.24, 2.45) is 0 Å². The van der Waals surface area contributed by atoms with E-state index in [1.165, 1.54) is 51.8 Å². The molecule has 242 valence electrons. The SMILES string of the molecule is CCCCc1ccc2c(c1)CCc1cc(C(C)c3ccccc3)ccc1C2N(C)CCOc1ccc(CC(OCC)C(=O)O)cc1. The first-order valence-electron chi connectivity index (χ1n) is 16.9. The van der Waals surface area contributed by atoms with Gasteiger partial charge in [0.1, 0.15) is 12.4 Å². The summed E-state index contributed by atoms with van der Waals surface area (Å²) in [5, 5.41) is 9.41. The summed E-state index contributed by atoms with van der Waals surface area (Å²) in [6, 6.07) is 33.0. The number of carboxylic acids is 1. The number of benzene rings is 4. The Morgan fingerprint density at radius 1 is 0.870 bits per heavy atom. The monoisotopic (exact) mass is 619 g/mol. The minimum absolute atomic E-state index is 0.145. The minimum atomic E-state index is -0.939. The second kappa shape index (κ2) is 16.1. The summed E-state index contributed by atoms with van der Waals surface area (Å²) in [5.74, 6) is 0.177. The lowest BCUT2D eigenvalue weighted by atomic mass is 9.87. The van der Waals surface area contributed by atoms with E-state index in [4.69, 9.17) is 9.47 Å². The number of aliphatic carboxylic acids is 1. The number of fused-ring (bicyclic) bond motifs is 2. The standard InChI is InChI=1S/C41H49NO4/c1-5-7-11-30-16-22-37-34(26-30)17-18-35-28-33(29(3)32-12-9-8-10-13-32)19-23-38(35)40(37)42(4)24-25-46-36-20-14-31(15-21-36)27-39(41(43)44)45-6-2/h8-10,12-16,19-23,26,28-29,39-40H,5-7,11,17-18,24-25,27H2,1-4H3,(H,43,44). The van der Waals surface area contributed by atoms with Crippen molar-refractivity contribution in [2.45, 2.75) is 77.4 Å². The van der Waals surface area contributed by atoms with Crippen LogP contribution in [-0.4, -0.2) is 48.9 Å². The zero-order valence-corrected chi connectivity index (χ0v) is 27.9. The van der Waals surface area contributed by atoms with E-state index >= 15 is 0 Å². The van der Waals surface area contributed by atoms with Gasteiger partial charge in [0.15, 0.2) is 6.10 Å². The lowest BCUT2D eigenvalue weighted by molar-refractivity contribution is -0.149. The van der Waals surface area contributed by atoms with Crippen molar-refractivity contribution < 1.29 is 19.4 Å². The van der Waals surface area contributed by atoms with Crippen molar-refractivity contribution >= 4 is 5.97 Å². The Bertz CT molecular complexity index is 1570. The van der Waals surface area contributed by atoms with Gasteiger partial charge in [-0.25, -0.2) is 4.79 Å². The number of aryl methyl sites for hydroxylation is 3. The van der Waals surface area contributed by atoms with E-state index in [0.717, 1.165) is 37.1 Å². The third-order valence-electron chi connectivity index (χ3n) is 9.39. The maximum Gasteiger partial charge on any atom is 0.333 e. The Balaban J connectivity index is 1.34. The summed E-state index contributed by atoms with van der Waals surface area (Å²) in [6.07, 6.45) is 5.13. The molecule has 3 atom stereocenters. The lowest BCUT2D eigenvalue weighted by Crippen LogP contribution is -2.30. The molecule has 46 heavy (non-hydrogen) atoms. The first-order valence-corrected chi connectivity index (χ1v) is 16.9. The Hall–Kier alpha value is -3.93. The van der Waals surface area contributed by atoms with Crippen molar-refractivity contribution in [3.63, 3.8) is 0 Å². The summed E-state index contributed by atoms with van der Waals surface area (Å²) in [5.41, 5.74) is 10.7. The number of likely N-dealkylation sites (N-methyl/N-ethyl adjacent to an activating group) is 1. The van der Waals surface area contributed by atoms with Gasteiger partial charge in [0.25, 0.3) is 0 Å². The Morgan fingerprint density at radius 2 is 1.54 bits per heavy atom. The van der Waals surface area contributed by atoms with Crippen LogP contribution in [0.15, 0.2) is 91.0 Å². The third kappa shape index (κ3) is 8.26. The van der Waals surface area contributed by atoms with Crippen LogP contribution in [0, 0.1) is 0 Å². The predicted molar refractivity (Wildman–Crippen MR) is 186 cm³/mol. The highest BCUT2D eigenvalue weighted by atomic mass is 16.5. The number of rotatable bonds is 15. The van der Waals surface area contributed by atoms with E-state index in [2.05, 4.69) is 92.5 Å². The number of unbranched alkanes of at least 4 members (excludes halogenated alkanes) is 1. The highest BCUT2D eigenvalue weighted by molar-refractivity contribution is 5.72. The Kier molecular flexibility index (Phi) is 11.7. The molecule has 5 nitrogen and oxygen atoms in total. The third-order valence-corrected chi connectivity index (χ3v) is 9.39. The van der Waals surface area contributed by atoms with Crippen LogP contribution in [0.5, 0.6) is 5.75 Å². The van der Waals surface area contributed by atoms with Gasteiger partial charge in [-0.3, -0.25) is 4.90 Å². The van der Waals surface area contributed by atoms with Crippen molar-refractivity contribution in [1.82, 2.24) is 4.90 Å². The fraction of sp³-hybridized carbons (Fsp3) is 0.390. The molecule has 0 radical (unpaired) electrons. The molecule has 0 fully saturated rings. The number of hydrogen-bond donors (Lipinski definition) is 1. The van der Waals surface area contributed by atoms with E-state index < -0.39 is 12.1 Å². The van der Waals surface area contributed by atoms with Gasteiger partial charge in [-0.2, -0.15) is 0 Å². The predicted octanol–water partition coefficient (Wildman–Crippen LogP) is 8.41. The molecule has 0 bridgehead atoms. The van der Waals surface area contributed by atoms with E-state index in [-0.39, 0.29) is 6.04 Å². The van der Waals surface area contributed by atoms with E-state index in [0.29, 0.717) is 25.6 Å². The van der Waals surface area contributed by atoms with Gasteiger partial charge in [0.2, 0.25) is 0 Å². The molecule has 0 saturated carbocycles. The minimum Gasteiger partial charge on any atom is -0.492 e. The molecule has 4 aromatic carbocycles. The summed E-state index contributed by atoms with van der Waals surface area (Å²) in [7, 11) is 2.21. The normalized spacial score (nSPS) is 15.5. The zero-order chi connectivity index (χ0) is 32.5. The molecule has 0 aliphatic heterocycles. The van der Waals surface area contributed by atoms with Crippen LogP contribution in [-0.2, 0) is 35.2 Å². The van der Waals surface area contributed by atoms with Crippen molar-refractivity contribution in [3.05, 3.63) is 136 Å². The van der Waals surface area contributed by atoms with E-state index in [1.54, 1.807) is 0 Å². The molecule has 0 amide bonds. The van der Waals surface area contributed by atoms with Gasteiger partial charge in [-0.1, -0.05) is 99.1 Å². The molecule has 0 heterocycles. The molecule has 1 aliphatic carbocycles. The Labute approximate surface area is 275 Å². The fourth-order valence-corrected chi connectivity index (χ4v) is 6.69. The summed E-state index contributed by atoms with van der Waals surface area (Å²) in [4.78, 5) is 13.9. The largest absolute Gasteiger partial charge is 0.492 e. The van der Waals surface area contributed by atoms with Crippen molar-refractivity contribution in [3.8, 4) is 5.75 Å². The second-order valence-electron chi connectivity index (χ2n) is 12.6. The van der Waals surface area contributed by atoms with Gasteiger partial charge in [0.05, 0.1) is 6.04 Å². The molecular weight excluding hydrogens is 570 g/mol. The van der Waals surface area contributed by atoms with Gasteiger partial charge < -0.3 is 14.6 Å². The quantitative estimate of drug-likeness (QED) is 0.145. The van der Waals surface area contributed by atoms with Crippen LogP contribution in [0.25, 0.3) is 0 Å². The summed E-state index contributed by atoms with van der Waals surface area (Å²) < 4.78 is 11.6. The lowest BCUT2D eigenvalue weighted by Gasteiger charge is -2.31. The molecule has 0 spiro atoms. The van der Waals surface area contributed by atoms with E-state index in [9.17, 15) is 9.90 Å². The van der Waals surface area contributed by atoms with Crippen LogP contribution in [0.2, 0.25) is 0 Å². The Morgan fingerprint density at radius 3 is 2.22 bits per heavy atom. The molecule has 1 aliphatic rings.